The molecule has 0 radical (unpaired) electrons. The van der Waals surface area contributed by atoms with E-state index in [2.05, 4.69) is 9.88 Å². The number of halogens is 1. The van der Waals surface area contributed by atoms with Gasteiger partial charge in [0, 0.05) is 23.4 Å². The summed E-state index contributed by atoms with van der Waals surface area (Å²) in [6, 6.07) is 15.6. The smallest absolute Gasteiger partial charge is 0.251 e. The van der Waals surface area contributed by atoms with Gasteiger partial charge in [0.2, 0.25) is 0 Å². The van der Waals surface area contributed by atoms with Crippen LogP contribution in [0.4, 0.5) is 4.39 Å². The number of aromatic nitrogens is 2. The molecular weight excluding hydrogens is 337 g/mol. The highest BCUT2D eigenvalue weighted by Gasteiger charge is 2.23. The number of amides is 1. The van der Waals surface area contributed by atoms with Crippen LogP contribution in [0, 0.1) is 5.82 Å². The Balaban J connectivity index is 1.61. The molecule has 0 unspecified atom stereocenters. The van der Waals surface area contributed by atoms with E-state index in [0.29, 0.717) is 12.1 Å². The van der Waals surface area contributed by atoms with Gasteiger partial charge in [0.25, 0.3) is 5.91 Å². The van der Waals surface area contributed by atoms with Crippen LogP contribution in [0.15, 0.2) is 59.8 Å². The molecule has 4 nitrogen and oxygen atoms in total. The first kappa shape index (κ1) is 15.9. The van der Waals surface area contributed by atoms with E-state index in [-0.39, 0.29) is 5.91 Å². The number of carbonyl (C=O) groups is 1. The van der Waals surface area contributed by atoms with Gasteiger partial charge >= 0.3 is 0 Å². The number of carbonyl (C=O) groups excluding carboxylic acids is 1. The Morgan fingerprint density at radius 2 is 2.04 bits per heavy atom. The van der Waals surface area contributed by atoms with Gasteiger partial charge in [0.15, 0.2) is 5.16 Å². The number of rotatable bonds is 4. The molecule has 0 saturated carbocycles. The molecule has 1 aliphatic heterocycles. The van der Waals surface area contributed by atoms with Crippen LogP contribution in [0.3, 0.4) is 0 Å². The van der Waals surface area contributed by atoms with Crippen LogP contribution in [-0.2, 0) is 13.1 Å². The first-order chi connectivity index (χ1) is 12.2. The summed E-state index contributed by atoms with van der Waals surface area (Å²) >= 11 is 1.72. The topological polar surface area (TPSA) is 46.9 Å². The van der Waals surface area contributed by atoms with Crippen LogP contribution in [0.2, 0.25) is 0 Å². The zero-order valence-corrected chi connectivity index (χ0v) is 14.2. The molecule has 0 saturated heterocycles. The van der Waals surface area contributed by atoms with Crippen molar-refractivity contribution >= 4 is 17.7 Å². The zero-order chi connectivity index (χ0) is 17.2. The largest absolute Gasteiger partial charge is 0.346 e. The van der Waals surface area contributed by atoms with Gasteiger partial charge in [-0.1, -0.05) is 48.2 Å². The third kappa shape index (κ3) is 3.17. The molecule has 6 heteroatoms. The number of nitrogens with zero attached hydrogens (tertiary/aromatic N) is 2. The van der Waals surface area contributed by atoms with E-state index < -0.39 is 5.82 Å². The van der Waals surface area contributed by atoms with Crippen molar-refractivity contribution in [3.63, 3.8) is 0 Å². The fourth-order valence-corrected chi connectivity index (χ4v) is 3.90. The lowest BCUT2D eigenvalue weighted by Gasteiger charge is -2.10. The minimum absolute atomic E-state index is 0.292. The molecule has 3 aromatic rings. The van der Waals surface area contributed by atoms with E-state index in [1.165, 1.54) is 18.2 Å². The Kier molecular flexibility index (Phi) is 4.28. The summed E-state index contributed by atoms with van der Waals surface area (Å²) in [7, 11) is 0. The second kappa shape index (κ2) is 6.72. The van der Waals surface area contributed by atoms with Crippen molar-refractivity contribution < 1.29 is 9.18 Å². The van der Waals surface area contributed by atoms with Crippen LogP contribution in [0.25, 0.3) is 11.3 Å². The Morgan fingerprint density at radius 1 is 1.20 bits per heavy atom. The highest BCUT2D eigenvalue weighted by molar-refractivity contribution is 7.99. The molecule has 0 aliphatic carbocycles. The predicted molar refractivity (Wildman–Crippen MR) is 96.0 cm³/mol. The second-order valence-corrected chi connectivity index (χ2v) is 6.81. The van der Waals surface area contributed by atoms with Crippen molar-refractivity contribution in [3.05, 3.63) is 71.7 Å². The van der Waals surface area contributed by atoms with E-state index in [1.54, 1.807) is 17.8 Å². The quantitative estimate of drug-likeness (QED) is 0.777. The van der Waals surface area contributed by atoms with Crippen molar-refractivity contribution in [1.82, 2.24) is 14.9 Å². The van der Waals surface area contributed by atoms with E-state index in [0.717, 1.165) is 34.4 Å². The van der Waals surface area contributed by atoms with Crippen LogP contribution < -0.4 is 5.32 Å². The molecule has 2 heterocycles. The molecule has 1 amide bonds. The molecule has 25 heavy (non-hydrogen) atoms. The highest BCUT2D eigenvalue weighted by atomic mass is 32.2. The van der Waals surface area contributed by atoms with Crippen LogP contribution in [0.1, 0.15) is 16.1 Å². The number of imidazole rings is 1. The average Bonchev–Trinajstić information content (AvgIpc) is 3.22. The number of hydrogen-bond acceptors (Lipinski definition) is 3. The molecule has 2 aromatic carbocycles. The van der Waals surface area contributed by atoms with E-state index >= 15 is 0 Å². The predicted octanol–water partition coefficient (Wildman–Crippen LogP) is 3.72. The number of benzene rings is 2. The van der Waals surface area contributed by atoms with Crippen LogP contribution in [0.5, 0.6) is 0 Å². The van der Waals surface area contributed by atoms with Crippen molar-refractivity contribution in [2.24, 2.45) is 0 Å². The summed E-state index contributed by atoms with van der Waals surface area (Å²) in [5.74, 6) is 0.279. The first-order valence-electron chi connectivity index (χ1n) is 8.04. The van der Waals surface area contributed by atoms with Gasteiger partial charge in [0.1, 0.15) is 5.82 Å². The maximum absolute atomic E-state index is 13.3. The Morgan fingerprint density at radius 3 is 2.84 bits per heavy atom. The van der Waals surface area contributed by atoms with Gasteiger partial charge in [-0.3, -0.25) is 4.79 Å². The molecule has 1 N–H and O–H groups in total. The number of nitrogens with one attached hydrogen (secondary N) is 1. The van der Waals surface area contributed by atoms with Gasteiger partial charge in [-0.15, -0.1) is 0 Å². The molecule has 0 atom stereocenters. The Hall–Kier alpha value is -2.60. The van der Waals surface area contributed by atoms with Gasteiger partial charge in [-0.2, -0.15) is 0 Å². The normalized spacial score (nSPS) is 12.8. The average molecular weight is 353 g/mol. The van der Waals surface area contributed by atoms with Crippen molar-refractivity contribution in [2.75, 3.05) is 5.75 Å². The molecule has 0 bridgehead atoms. The molecular formula is C19H16FN3OS. The van der Waals surface area contributed by atoms with Crippen molar-refractivity contribution in [2.45, 2.75) is 18.2 Å². The van der Waals surface area contributed by atoms with E-state index in [9.17, 15) is 9.18 Å². The van der Waals surface area contributed by atoms with Gasteiger partial charge in [-0.05, 0) is 18.2 Å². The van der Waals surface area contributed by atoms with E-state index in [1.807, 2.05) is 30.3 Å². The second-order valence-electron chi connectivity index (χ2n) is 5.75. The third-order valence-corrected chi connectivity index (χ3v) is 5.09. The Bertz CT molecular complexity index is 924. The number of thioether (sulfide) groups is 1. The molecule has 1 aliphatic rings. The monoisotopic (exact) mass is 353 g/mol. The first-order valence-corrected chi connectivity index (χ1v) is 9.02. The zero-order valence-electron chi connectivity index (χ0n) is 13.4. The SMILES string of the molecule is O=C(NCc1c(-c2ccccc2)nc2n1CCS2)c1cccc(F)c1. The fraction of sp³-hybridized carbons (Fsp3) is 0.158. The standard InChI is InChI=1S/C19H16FN3OS/c20-15-8-4-7-14(11-15)18(24)21-12-16-17(13-5-2-1-3-6-13)22-19-23(16)9-10-25-19/h1-8,11H,9-10,12H2,(H,21,24). The lowest BCUT2D eigenvalue weighted by molar-refractivity contribution is 0.0949. The maximum Gasteiger partial charge on any atom is 0.251 e. The summed E-state index contributed by atoms with van der Waals surface area (Å²) in [6.45, 7) is 1.23. The van der Waals surface area contributed by atoms with E-state index in [4.69, 9.17) is 4.98 Å². The minimum atomic E-state index is -0.417. The molecule has 4 rings (SSSR count). The summed E-state index contributed by atoms with van der Waals surface area (Å²) in [4.78, 5) is 17.1. The molecule has 0 spiro atoms. The van der Waals surface area contributed by atoms with Crippen molar-refractivity contribution in [3.8, 4) is 11.3 Å². The summed E-state index contributed by atoms with van der Waals surface area (Å²) in [6.07, 6.45) is 0. The van der Waals surface area contributed by atoms with Crippen molar-refractivity contribution in [1.29, 1.82) is 0 Å². The third-order valence-electron chi connectivity index (χ3n) is 4.13. The lowest BCUT2D eigenvalue weighted by Crippen LogP contribution is -2.24. The summed E-state index contributed by atoms with van der Waals surface area (Å²) < 4.78 is 15.5. The van der Waals surface area contributed by atoms with Crippen LogP contribution >= 0.6 is 11.8 Å². The lowest BCUT2D eigenvalue weighted by atomic mass is 10.1. The fourth-order valence-electron chi connectivity index (χ4n) is 2.93. The summed E-state index contributed by atoms with van der Waals surface area (Å²) in [5.41, 5.74) is 3.22. The minimum Gasteiger partial charge on any atom is -0.346 e. The summed E-state index contributed by atoms with van der Waals surface area (Å²) in [5, 5.41) is 3.87. The number of hydrogen-bond donors (Lipinski definition) is 1. The van der Waals surface area contributed by atoms with Crippen LogP contribution in [-0.4, -0.2) is 21.2 Å². The Labute approximate surface area is 149 Å². The molecule has 0 fully saturated rings. The van der Waals surface area contributed by atoms with Gasteiger partial charge in [-0.25, -0.2) is 9.37 Å². The number of fused-ring (bicyclic) bond motifs is 1. The van der Waals surface area contributed by atoms with Gasteiger partial charge in [0.05, 0.1) is 17.9 Å². The maximum atomic E-state index is 13.3. The highest BCUT2D eigenvalue weighted by Crippen LogP contribution is 2.33. The molecule has 126 valence electrons. The van der Waals surface area contributed by atoms with Gasteiger partial charge < -0.3 is 9.88 Å². The molecule has 1 aromatic heterocycles.